The van der Waals surface area contributed by atoms with Crippen LogP contribution >= 0.6 is 0 Å². The molecular weight excluding hydrogens is 100 g/mol. The standard InChI is InChI=1S/C6H14N2/c1-8-4-2-6(7)3-5-8/h6H,2-5,7H2,1H3/i1D3. The Hall–Kier alpha value is -0.0800. The molecule has 48 valence electrons. The van der Waals surface area contributed by atoms with Crippen LogP contribution < -0.4 is 5.73 Å². The molecule has 0 aromatic heterocycles. The SMILES string of the molecule is [2H]C([2H])([2H])N1CCC(N)CC1. The zero-order chi connectivity index (χ0) is 8.48. The Morgan fingerprint density at radius 1 is 1.62 bits per heavy atom. The van der Waals surface area contributed by atoms with Crippen molar-refractivity contribution in [1.82, 2.24) is 4.90 Å². The Kier molecular flexibility index (Phi) is 0.980. The molecule has 2 heteroatoms. The minimum atomic E-state index is -1.92. The predicted octanol–water partition coefficient (Wildman–Crippen LogP) is 0.0393. The van der Waals surface area contributed by atoms with E-state index in [-0.39, 0.29) is 6.04 Å². The third kappa shape index (κ3) is 1.46. The fraction of sp³-hybridized carbons (Fsp3) is 1.00. The highest BCUT2D eigenvalue weighted by Crippen LogP contribution is 2.04. The number of hydrogen-bond acceptors (Lipinski definition) is 2. The summed E-state index contributed by atoms with van der Waals surface area (Å²) >= 11 is 0. The second-order valence-electron chi connectivity index (χ2n) is 2.32. The number of rotatable bonds is 0. The third-order valence-corrected chi connectivity index (χ3v) is 1.54. The van der Waals surface area contributed by atoms with Crippen molar-refractivity contribution >= 4 is 0 Å². The van der Waals surface area contributed by atoms with Gasteiger partial charge in [-0.05, 0) is 32.9 Å². The van der Waals surface area contributed by atoms with Crippen molar-refractivity contribution < 1.29 is 4.11 Å². The first-order valence-electron chi connectivity index (χ1n) is 4.51. The van der Waals surface area contributed by atoms with E-state index in [1.165, 1.54) is 4.90 Å². The van der Waals surface area contributed by atoms with Crippen LogP contribution in [0.3, 0.4) is 0 Å². The lowest BCUT2D eigenvalue weighted by Gasteiger charge is -2.25. The van der Waals surface area contributed by atoms with Gasteiger partial charge < -0.3 is 10.6 Å². The minimum absolute atomic E-state index is 0.202. The quantitative estimate of drug-likeness (QED) is 0.485. The van der Waals surface area contributed by atoms with Gasteiger partial charge >= 0.3 is 0 Å². The number of hydrogen-bond donors (Lipinski definition) is 1. The average Bonchev–Trinajstić information content (AvgIpc) is 1.86. The van der Waals surface area contributed by atoms with Gasteiger partial charge in [-0.15, -0.1) is 0 Å². The lowest BCUT2D eigenvalue weighted by atomic mass is 10.1. The molecule has 1 aliphatic rings. The molecule has 0 atom stereocenters. The monoisotopic (exact) mass is 117 g/mol. The Bertz CT molecular complexity index is 126. The largest absolute Gasteiger partial charge is 0.328 e. The van der Waals surface area contributed by atoms with E-state index in [0.717, 1.165) is 12.8 Å². The summed E-state index contributed by atoms with van der Waals surface area (Å²) in [6.07, 6.45) is 1.61. The van der Waals surface area contributed by atoms with E-state index in [2.05, 4.69) is 0 Å². The normalized spacial score (nSPS) is 33.4. The molecule has 1 rings (SSSR count). The molecule has 0 radical (unpaired) electrons. The van der Waals surface area contributed by atoms with Crippen LogP contribution in [0.2, 0.25) is 0 Å². The van der Waals surface area contributed by atoms with Gasteiger partial charge in [-0.1, -0.05) is 0 Å². The van der Waals surface area contributed by atoms with Gasteiger partial charge in [-0.3, -0.25) is 0 Å². The van der Waals surface area contributed by atoms with E-state index < -0.39 is 6.98 Å². The molecule has 2 N–H and O–H groups in total. The highest BCUT2D eigenvalue weighted by atomic mass is 15.1. The molecule has 1 aliphatic heterocycles. The molecule has 1 saturated heterocycles. The van der Waals surface area contributed by atoms with Crippen molar-refractivity contribution in [3.63, 3.8) is 0 Å². The molecule has 0 aromatic rings. The van der Waals surface area contributed by atoms with Gasteiger partial charge in [-0.2, -0.15) is 0 Å². The fourth-order valence-electron chi connectivity index (χ4n) is 0.899. The lowest BCUT2D eigenvalue weighted by Crippen LogP contribution is -2.37. The van der Waals surface area contributed by atoms with Crippen LogP contribution in [0.15, 0.2) is 0 Å². The van der Waals surface area contributed by atoms with Crippen LogP contribution in [0.4, 0.5) is 0 Å². The first-order valence-corrected chi connectivity index (χ1v) is 3.01. The molecule has 8 heavy (non-hydrogen) atoms. The predicted molar refractivity (Wildman–Crippen MR) is 34.7 cm³/mol. The van der Waals surface area contributed by atoms with Crippen LogP contribution in [0, 0.1) is 0 Å². The van der Waals surface area contributed by atoms with E-state index >= 15 is 0 Å². The highest BCUT2D eigenvalue weighted by Gasteiger charge is 2.10. The van der Waals surface area contributed by atoms with Gasteiger partial charge in [0.25, 0.3) is 0 Å². The van der Waals surface area contributed by atoms with Gasteiger partial charge in [0.15, 0.2) is 0 Å². The van der Waals surface area contributed by atoms with Crippen LogP contribution in [0.25, 0.3) is 0 Å². The maximum absolute atomic E-state index is 7.11. The summed E-state index contributed by atoms with van der Waals surface area (Å²) in [6, 6.07) is 0.202. The van der Waals surface area contributed by atoms with E-state index in [4.69, 9.17) is 9.85 Å². The van der Waals surface area contributed by atoms with E-state index in [1.807, 2.05) is 0 Å². The van der Waals surface area contributed by atoms with E-state index in [0.29, 0.717) is 13.1 Å². The second-order valence-corrected chi connectivity index (χ2v) is 2.32. The topological polar surface area (TPSA) is 29.3 Å². The molecule has 0 saturated carbocycles. The number of likely N-dealkylation sites (tertiary alicyclic amines) is 1. The van der Waals surface area contributed by atoms with Gasteiger partial charge in [-0.25, -0.2) is 0 Å². The third-order valence-electron chi connectivity index (χ3n) is 1.54. The summed E-state index contributed by atoms with van der Waals surface area (Å²) in [5.41, 5.74) is 5.63. The zero-order valence-electron chi connectivity index (χ0n) is 7.93. The zero-order valence-corrected chi connectivity index (χ0v) is 4.93. The summed E-state index contributed by atoms with van der Waals surface area (Å²) in [7, 11) is 0. The minimum Gasteiger partial charge on any atom is -0.328 e. The molecule has 0 spiro atoms. The maximum atomic E-state index is 7.11. The molecular formula is C6H14N2. The molecule has 0 bridgehead atoms. The van der Waals surface area contributed by atoms with Gasteiger partial charge in [0, 0.05) is 10.2 Å². The molecule has 0 amide bonds. The van der Waals surface area contributed by atoms with Crippen molar-refractivity contribution in [2.75, 3.05) is 20.1 Å². The van der Waals surface area contributed by atoms with Crippen molar-refractivity contribution in [3.05, 3.63) is 0 Å². The van der Waals surface area contributed by atoms with E-state index in [1.54, 1.807) is 0 Å². The summed E-state index contributed by atoms with van der Waals surface area (Å²) in [5.74, 6) is 0. The van der Waals surface area contributed by atoms with Crippen LogP contribution in [0.5, 0.6) is 0 Å². The van der Waals surface area contributed by atoms with Crippen molar-refractivity contribution in [1.29, 1.82) is 0 Å². The van der Waals surface area contributed by atoms with Gasteiger partial charge in [0.1, 0.15) is 0 Å². The smallest absolute Gasteiger partial charge is 0.0394 e. The van der Waals surface area contributed by atoms with Crippen molar-refractivity contribution in [3.8, 4) is 0 Å². The summed E-state index contributed by atoms with van der Waals surface area (Å²) in [6.45, 7) is -0.699. The Balaban J connectivity index is 2.39. The molecule has 2 nitrogen and oxygen atoms in total. The molecule has 1 heterocycles. The van der Waals surface area contributed by atoms with Crippen LogP contribution in [0.1, 0.15) is 17.0 Å². The Labute approximate surface area is 54.9 Å². The summed E-state index contributed by atoms with van der Waals surface area (Å²) in [4.78, 5) is 1.51. The first-order chi connectivity index (χ1) is 5.00. The number of nitrogens with zero attached hydrogens (tertiary/aromatic N) is 1. The maximum Gasteiger partial charge on any atom is 0.0394 e. The van der Waals surface area contributed by atoms with Gasteiger partial charge in [0.2, 0.25) is 0 Å². The molecule has 0 aliphatic carbocycles. The summed E-state index contributed by atoms with van der Waals surface area (Å²) < 4.78 is 21.3. The molecule has 0 aromatic carbocycles. The number of nitrogens with two attached hydrogens (primary N) is 1. The molecule has 0 unspecified atom stereocenters. The first kappa shape index (κ1) is 3.18. The lowest BCUT2D eigenvalue weighted by molar-refractivity contribution is 0.256. The molecule has 1 fully saturated rings. The van der Waals surface area contributed by atoms with Gasteiger partial charge in [0.05, 0.1) is 0 Å². The second kappa shape index (κ2) is 2.46. The van der Waals surface area contributed by atoms with Crippen LogP contribution in [-0.4, -0.2) is 31.0 Å². The summed E-state index contributed by atoms with van der Waals surface area (Å²) in [5, 5.41) is 0. The Morgan fingerprint density at radius 3 is 2.75 bits per heavy atom. The van der Waals surface area contributed by atoms with Crippen LogP contribution in [-0.2, 0) is 0 Å². The fourth-order valence-corrected chi connectivity index (χ4v) is 0.899. The van der Waals surface area contributed by atoms with Crippen molar-refractivity contribution in [2.45, 2.75) is 18.9 Å². The average molecular weight is 117 g/mol. The highest BCUT2D eigenvalue weighted by molar-refractivity contribution is 4.70. The van der Waals surface area contributed by atoms with Crippen molar-refractivity contribution in [2.24, 2.45) is 5.73 Å². The van der Waals surface area contributed by atoms with E-state index in [9.17, 15) is 0 Å². The Morgan fingerprint density at radius 2 is 2.25 bits per heavy atom. The number of piperidine rings is 1.